The van der Waals surface area contributed by atoms with Crippen LogP contribution >= 0.6 is 0 Å². The molecule has 0 bridgehead atoms. The van der Waals surface area contributed by atoms with Crippen LogP contribution in [-0.4, -0.2) is 34.5 Å². The largest absolute Gasteiger partial charge is 0.347 e. The zero-order valence-electron chi connectivity index (χ0n) is 11.5. The molecule has 2 fully saturated rings. The van der Waals surface area contributed by atoms with Crippen LogP contribution in [-0.2, 0) is 26.0 Å². The Morgan fingerprint density at radius 1 is 1.25 bits per heavy atom. The molecule has 1 aliphatic heterocycles. The summed E-state index contributed by atoms with van der Waals surface area (Å²) in [6, 6.07) is 9.89. The van der Waals surface area contributed by atoms with E-state index in [4.69, 9.17) is 15.2 Å². The van der Waals surface area contributed by atoms with Crippen molar-refractivity contribution >= 4 is 10.8 Å². The van der Waals surface area contributed by atoms with Crippen LogP contribution in [0.2, 0.25) is 0 Å². The minimum Gasteiger partial charge on any atom is -0.347 e. The predicted octanol–water partition coefficient (Wildman–Crippen LogP) is 1.56. The lowest BCUT2D eigenvalue weighted by Crippen LogP contribution is -2.50. The van der Waals surface area contributed by atoms with E-state index in [9.17, 15) is 4.21 Å². The van der Waals surface area contributed by atoms with Crippen LogP contribution < -0.4 is 5.73 Å². The minimum atomic E-state index is -0.995. The zero-order chi connectivity index (χ0) is 14.0. The monoisotopic (exact) mass is 295 g/mol. The predicted molar refractivity (Wildman–Crippen MR) is 78.5 cm³/mol. The fourth-order valence-electron chi connectivity index (χ4n) is 3.03. The van der Waals surface area contributed by atoms with Crippen LogP contribution in [0, 0.1) is 0 Å². The first kappa shape index (κ1) is 14.2. The van der Waals surface area contributed by atoms with Crippen LogP contribution in [0.15, 0.2) is 30.3 Å². The summed E-state index contributed by atoms with van der Waals surface area (Å²) in [5, 5.41) is -0.0537. The third-order valence-corrected chi connectivity index (χ3v) is 5.96. The van der Waals surface area contributed by atoms with Crippen molar-refractivity contribution in [3.05, 3.63) is 35.9 Å². The van der Waals surface area contributed by atoms with E-state index in [-0.39, 0.29) is 11.3 Å². The smallest absolute Gasteiger partial charge is 0.169 e. The van der Waals surface area contributed by atoms with Gasteiger partial charge in [-0.3, -0.25) is 4.21 Å². The summed E-state index contributed by atoms with van der Waals surface area (Å²) in [4.78, 5) is 0. The molecule has 1 saturated carbocycles. The van der Waals surface area contributed by atoms with Gasteiger partial charge in [-0.1, -0.05) is 30.3 Å². The number of nitrogens with two attached hydrogens (primary N) is 1. The molecule has 3 unspecified atom stereocenters. The average Bonchev–Trinajstić information content (AvgIpc) is 2.91. The van der Waals surface area contributed by atoms with Gasteiger partial charge in [0.1, 0.15) is 0 Å². The highest BCUT2D eigenvalue weighted by molar-refractivity contribution is 7.84. The van der Waals surface area contributed by atoms with Gasteiger partial charge in [0, 0.05) is 35.4 Å². The summed E-state index contributed by atoms with van der Waals surface area (Å²) in [6.07, 6.45) is 2.27. The molecule has 0 amide bonds. The highest BCUT2D eigenvalue weighted by Crippen LogP contribution is 2.37. The molecule has 3 rings (SSSR count). The first-order chi connectivity index (χ1) is 9.69. The van der Waals surface area contributed by atoms with E-state index in [1.54, 1.807) is 0 Å². The Hall–Kier alpha value is -0.750. The SMILES string of the molecule is NC1CCC2(CC1S(=O)Cc1ccccc1)OCCO2. The van der Waals surface area contributed by atoms with Gasteiger partial charge < -0.3 is 15.2 Å². The summed E-state index contributed by atoms with van der Waals surface area (Å²) < 4.78 is 24.1. The molecule has 2 N–H and O–H groups in total. The van der Waals surface area contributed by atoms with Crippen molar-refractivity contribution in [1.82, 2.24) is 0 Å². The van der Waals surface area contributed by atoms with Crippen molar-refractivity contribution in [3.63, 3.8) is 0 Å². The Morgan fingerprint density at radius 2 is 1.95 bits per heavy atom. The molecule has 1 aliphatic carbocycles. The van der Waals surface area contributed by atoms with Crippen LogP contribution in [0.3, 0.4) is 0 Å². The summed E-state index contributed by atoms with van der Waals surface area (Å²) in [7, 11) is -0.995. The van der Waals surface area contributed by atoms with Crippen molar-refractivity contribution in [1.29, 1.82) is 0 Å². The molecule has 20 heavy (non-hydrogen) atoms. The molecular weight excluding hydrogens is 274 g/mol. The molecule has 110 valence electrons. The van der Waals surface area contributed by atoms with Crippen molar-refractivity contribution in [3.8, 4) is 0 Å². The number of ether oxygens (including phenoxy) is 2. The molecular formula is C15H21NO3S. The quantitative estimate of drug-likeness (QED) is 0.919. The van der Waals surface area contributed by atoms with Gasteiger partial charge in [0.15, 0.2) is 5.79 Å². The lowest BCUT2D eigenvalue weighted by atomic mass is 9.90. The van der Waals surface area contributed by atoms with E-state index in [2.05, 4.69) is 0 Å². The molecule has 0 radical (unpaired) electrons. The first-order valence-corrected chi connectivity index (χ1v) is 8.51. The fourth-order valence-corrected chi connectivity index (χ4v) is 4.73. The summed E-state index contributed by atoms with van der Waals surface area (Å²) in [5.74, 6) is 0.0299. The lowest BCUT2D eigenvalue weighted by molar-refractivity contribution is -0.177. The van der Waals surface area contributed by atoms with E-state index in [1.165, 1.54) is 0 Å². The maximum absolute atomic E-state index is 12.6. The third-order valence-electron chi connectivity index (χ3n) is 4.15. The number of rotatable bonds is 3. The molecule has 4 nitrogen and oxygen atoms in total. The standard InChI is InChI=1S/C15H21NO3S/c16-13-6-7-15(18-8-9-19-15)10-14(13)20(17)11-12-4-2-1-3-5-12/h1-5,13-14H,6-11,16H2. The van der Waals surface area contributed by atoms with Gasteiger partial charge in [0.05, 0.1) is 18.5 Å². The van der Waals surface area contributed by atoms with Gasteiger partial charge in [0.25, 0.3) is 0 Å². The van der Waals surface area contributed by atoms with Crippen LogP contribution in [0.25, 0.3) is 0 Å². The van der Waals surface area contributed by atoms with Gasteiger partial charge in [-0.15, -0.1) is 0 Å². The molecule has 1 aromatic rings. The van der Waals surface area contributed by atoms with E-state index < -0.39 is 16.6 Å². The summed E-state index contributed by atoms with van der Waals surface area (Å²) in [5.41, 5.74) is 7.27. The molecule has 1 aromatic carbocycles. The van der Waals surface area contributed by atoms with Crippen molar-refractivity contribution in [2.45, 2.75) is 42.1 Å². The molecule has 2 aliphatic rings. The zero-order valence-corrected chi connectivity index (χ0v) is 12.3. The van der Waals surface area contributed by atoms with E-state index in [1.807, 2.05) is 30.3 Å². The second kappa shape index (κ2) is 5.93. The summed E-state index contributed by atoms with van der Waals surface area (Å²) >= 11 is 0. The maximum atomic E-state index is 12.6. The Kier molecular flexibility index (Phi) is 4.21. The van der Waals surface area contributed by atoms with E-state index >= 15 is 0 Å². The lowest BCUT2D eigenvalue weighted by Gasteiger charge is -2.39. The molecule has 1 saturated heterocycles. The van der Waals surface area contributed by atoms with Crippen LogP contribution in [0.4, 0.5) is 0 Å². The molecule has 1 heterocycles. The molecule has 3 atom stereocenters. The molecule has 1 spiro atoms. The summed E-state index contributed by atoms with van der Waals surface area (Å²) in [6.45, 7) is 1.26. The van der Waals surface area contributed by atoms with Gasteiger partial charge in [-0.25, -0.2) is 0 Å². The third kappa shape index (κ3) is 2.96. The highest BCUT2D eigenvalue weighted by atomic mass is 32.2. The second-order valence-corrected chi connectivity index (χ2v) is 7.22. The van der Waals surface area contributed by atoms with Gasteiger partial charge >= 0.3 is 0 Å². The van der Waals surface area contributed by atoms with E-state index in [0.29, 0.717) is 25.4 Å². The maximum Gasteiger partial charge on any atom is 0.169 e. The Morgan fingerprint density at radius 3 is 2.65 bits per heavy atom. The fraction of sp³-hybridized carbons (Fsp3) is 0.600. The normalized spacial score (nSPS) is 30.4. The van der Waals surface area contributed by atoms with Crippen LogP contribution in [0.5, 0.6) is 0 Å². The van der Waals surface area contributed by atoms with Gasteiger partial charge in [0.2, 0.25) is 0 Å². The van der Waals surface area contributed by atoms with E-state index in [0.717, 1.165) is 18.4 Å². The Bertz CT molecular complexity index is 473. The number of hydrogen-bond acceptors (Lipinski definition) is 4. The van der Waals surface area contributed by atoms with Gasteiger partial charge in [-0.2, -0.15) is 0 Å². The number of hydrogen-bond donors (Lipinski definition) is 1. The highest BCUT2D eigenvalue weighted by Gasteiger charge is 2.45. The Balaban J connectivity index is 1.69. The van der Waals surface area contributed by atoms with Crippen LogP contribution in [0.1, 0.15) is 24.8 Å². The van der Waals surface area contributed by atoms with Crippen molar-refractivity contribution in [2.75, 3.05) is 13.2 Å². The van der Waals surface area contributed by atoms with Crippen molar-refractivity contribution in [2.24, 2.45) is 5.73 Å². The van der Waals surface area contributed by atoms with Gasteiger partial charge in [-0.05, 0) is 12.0 Å². The molecule has 0 aromatic heterocycles. The molecule has 5 heteroatoms. The minimum absolute atomic E-state index is 0.0297. The first-order valence-electron chi connectivity index (χ1n) is 7.13. The second-order valence-electron chi connectivity index (χ2n) is 5.56. The topological polar surface area (TPSA) is 61.6 Å². The number of benzene rings is 1. The Labute approximate surface area is 122 Å². The average molecular weight is 295 g/mol. The van der Waals surface area contributed by atoms with Crippen molar-refractivity contribution < 1.29 is 13.7 Å².